The molecule has 1 amide bonds. The van der Waals surface area contributed by atoms with Crippen LogP contribution >= 0.6 is 0 Å². The molecule has 0 spiro atoms. The lowest BCUT2D eigenvalue weighted by molar-refractivity contribution is 0.0935. The monoisotopic (exact) mass is 323 g/mol. The number of carbonyl (C=O) groups is 1. The Balaban J connectivity index is 1.73. The number of nitrogens with one attached hydrogen (secondary N) is 1. The van der Waals surface area contributed by atoms with Crippen molar-refractivity contribution in [2.45, 2.75) is 33.7 Å². The number of carbonyl (C=O) groups excluding carboxylic acids is 1. The van der Waals surface area contributed by atoms with Crippen LogP contribution in [-0.2, 0) is 0 Å². The molecule has 0 aliphatic rings. The van der Waals surface area contributed by atoms with Gasteiger partial charge >= 0.3 is 0 Å². The normalized spacial score (nSPS) is 12.2. The van der Waals surface area contributed by atoms with Crippen molar-refractivity contribution < 1.29 is 9.21 Å². The fourth-order valence-electron chi connectivity index (χ4n) is 2.68. The van der Waals surface area contributed by atoms with Gasteiger partial charge in [0.05, 0.1) is 17.4 Å². The predicted octanol–water partition coefficient (Wildman–Crippen LogP) is 3.88. The Bertz CT molecular complexity index is 859. The minimum absolute atomic E-state index is 0.128. The first kappa shape index (κ1) is 16.1. The van der Waals surface area contributed by atoms with Crippen LogP contribution in [0.15, 0.2) is 46.9 Å². The van der Waals surface area contributed by atoms with Gasteiger partial charge in [-0.2, -0.15) is 5.10 Å². The molecule has 0 unspecified atom stereocenters. The van der Waals surface area contributed by atoms with E-state index in [4.69, 9.17) is 4.42 Å². The number of aromatic nitrogens is 2. The summed E-state index contributed by atoms with van der Waals surface area (Å²) < 4.78 is 7.41. The summed E-state index contributed by atoms with van der Waals surface area (Å²) >= 11 is 0. The molecule has 0 aliphatic carbocycles. The van der Waals surface area contributed by atoms with Gasteiger partial charge < -0.3 is 9.73 Å². The summed E-state index contributed by atoms with van der Waals surface area (Å²) in [6.45, 7) is 7.76. The van der Waals surface area contributed by atoms with Crippen molar-refractivity contribution in [2.75, 3.05) is 0 Å². The first-order valence-corrected chi connectivity index (χ1v) is 7.95. The smallest absolute Gasteiger partial charge is 0.251 e. The SMILES string of the molecule is Cc1cc(C)n(-c2ccc(C(=O)N[C@H](C)c3ccc(C)o3)cc2)n1. The van der Waals surface area contributed by atoms with Crippen molar-refractivity contribution in [3.8, 4) is 5.69 Å². The van der Waals surface area contributed by atoms with Crippen molar-refractivity contribution >= 4 is 5.91 Å². The molecule has 0 saturated heterocycles. The number of benzene rings is 1. The van der Waals surface area contributed by atoms with Crippen molar-refractivity contribution in [3.05, 3.63) is 70.9 Å². The van der Waals surface area contributed by atoms with E-state index in [1.165, 1.54) is 0 Å². The number of rotatable bonds is 4. The van der Waals surface area contributed by atoms with Gasteiger partial charge in [-0.05, 0) is 70.2 Å². The zero-order chi connectivity index (χ0) is 17.3. The largest absolute Gasteiger partial charge is 0.464 e. The van der Waals surface area contributed by atoms with Crippen molar-refractivity contribution in [1.29, 1.82) is 0 Å². The maximum absolute atomic E-state index is 12.4. The third-order valence-corrected chi connectivity index (χ3v) is 3.92. The quantitative estimate of drug-likeness (QED) is 0.792. The maximum atomic E-state index is 12.4. The van der Waals surface area contributed by atoms with E-state index in [2.05, 4.69) is 10.4 Å². The summed E-state index contributed by atoms with van der Waals surface area (Å²) in [6, 6.07) is 13.0. The van der Waals surface area contributed by atoms with Gasteiger partial charge in [0, 0.05) is 11.3 Å². The molecule has 5 heteroatoms. The molecule has 2 aromatic heterocycles. The summed E-state index contributed by atoms with van der Waals surface area (Å²) in [7, 11) is 0. The third kappa shape index (κ3) is 3.25. The molecular weight excluding hydrogens is 302 g/mol. The molecule has 0 saturated carbocycles. The summed E-state index contributed by atoms with van der Waals surface area (Å²) in [4.78, 5) is 12.4. The van der Waals surface area contributed by atoms with Crippen LogP contribution in [0, 0.1) is 20.8 Å². The van der Waals surface area contributed by atoms with Crippen LogP contribution in [0.5, 0.6) is 0 Å². The molecule has 0 aliphatic heterocycles. The Labute approximate surface area is 141 Å². The highest BCUT2D eigenvalue weighted by atomic mass is 16.3. The zero-order valence-corrected chi connectivity index (χ0v) is 14.3. The molecule has 1 aromatic carbocycles. The summed E-state index contributed by atoms with van der Waals surface area (Å²) in [5, 5.41) is 7.39. The fraction of sp³-hybridized carbons (Fsp3) is 0.263. The highest BCUT2D eigenvalue weighted by Crippen LogP contribution is 2.17. The minimum Gasteiger partial charge on any atom is -0.464 e. The highest BCUT2D eigenvalue weighted by Gasteiger charge is 2.14. The van der Waals surface area contributed by atoms with E-state index in [1.54, 1.807) is 12.1 Å². The van der Waals surface area contributed by atoms with E-state index in [9.17, 15) is 4.79 Å². The summed E-state index contributed by atoms with van der Waals surface area (Å²) in [6.07, 6.45) is 0. The lowest BCUT2D eigenvalue weighted by Crippen LogP contribution is -2.26. The van der Waals surface area contributed by atoms with Crippen LogP contribution in [-0.4, -0.2) is 15.7 Å². The molecule has 24 heavy (non-hydrogen) atoms. The maximum Gasteiger partial charge on any atom is 0.251 e. The second kappa shape index (κ2) is 6.35. The average molecular weight is 323 g/mol. The van der Waals surface area contributed by atoms with Crippen molar-refractivity contribution in [2.24, 2.45) is 0 Å². The number of furan rings is 1. The molecule has 3 rings (SSSR count). The summed E-state index contributed by atoms with van der Waals surface area (Å²) in [5.74, 6) is 1.46. The second-order valence-electron chi connectivity index (χ2n) is 6.03. The van der Waals surface area contributed by atoms with Gasteiger partial charge in [0.2, 0.25) is 0 Å². The van der Waals surface area contributed by atoms with Gasteiger partial charge in [-0.25, -0.2) is 4.68 Å². The van der Waals surface area contributed by atoms with E-state index in [1.807, 2.05) is 62.7 Å². The standard InChI is InChI=1S/C19H21N3O2/c1-12-11-13(2)22(21-12)17-8-6-16(7-9-17)19(23)20-15(4)18-10-5-14(3)24-18/h5-11,15H,1-4H3,(H,20,23)/t15-/m1/s1. The Morgan fingerprint density at radius 1 is 1.12 bits per heavy atom. The minimum atomic E-state index is -0.179. The van der Waals surface area contributed by atoms with Gasteiger partial charge in [-0.15, -0.1) is 0 Å². The van der Waals surface area contributed by atoms with Crippen molar-refractivity contribution in [1.82, 2.24) is 15.1 Å². The van der Waals surface area contributed by atoms with E-state index in [0.29, 0.717) is 5.56 Å². The van der Waals surface area contributed by atoms with E-state index >= 15 is 0 Å². The molecule has 5 nitrogen and oxygen atoms in total. The molecule has 0 fully saturated rings. The lowest BCUT2D eigenvalue weighted by atomic mass is 10.1. The van der Waals surface area contributed by atoms with Gasteiger partial charge in [0.25, 0.3) is 5.91 Å². The Hall–Kier alpha value is -2.82. The molecule has 1 N–H and O–H groups in total. The molecule has 0 bridgehead atoms. The van der Waals surface area contributed by atoms with Gasteiger partial charge in [0.1, 0.15) is 11.5 Å². The number of hydrogen-bond donors (Lipinski definition) is 1. The Morgan fingerprint density at radius 3 is 2.38 bits per heavy atom. The van der Waals surface area contributed by atoms with E-state index in [0.717, 1.165) is 28.6 Å². The number of amides is 1. The Morgan fingerprint density at radius 2 is 1.83 bits per heavy atom. The van der Waals surface area contributed by atoms with E-state index in [-0.39, 0.29) is 11.9 Å². The third-order valence-electron chi connectivity index (χ3n) is 3.92. The number of aryl methyl sites for hydroxylation is 3. The van der Waals surface area contributed by atoms with Gasteiger partial charge in [-0.3, -0.25) is 4.79 Å². The topological polar surface area (TPSA) is 60.1 Å². The first-order valence-electron chi connectivity index (χ1n) is 7.95. The predicted molar refractivity (Wildman–Crippen MR) is 92.4 cm³/mol. The lowest BCUT2D eigenvalue weighted by Gasteiger charge is -2.12. The summed E-state index contributed by atoms with van der Waals surface area (Å²) in [5.41, 5.74) is 3.57. The van der Waals surface area contributed by atoms with E-state index < -0.39 is 0 Å². The molecule has 0 radical (unpaired) electrons. The van der Waals surface area contributed by atoms with Crippen LogP contribution < -0.4 is 5.32 Å². The zero-order valence-electron chi connectivity index (χ0n) is 14.3. The van der Waals surface area contributed by atoms with Crippen LogP contribution in [0.2, 0.25) is 0 Å². The molecule has 124 valence electrons. The van der Waals surface area contributed by atoms with Crippen LogP contribution in [0.1, 0.15) is 46.2 Å². The van der Waals surface area contributed by atoms with Gasteiger partial charge in [0.15, 0.2) is 0 Å². The number of nitrogens with zero attached hydrogens (tertiary/aromatic N) is 2. The first-order chi connectivity index (χ1) is 11.4. The molecule has 2 heterocycles. The van der Waals surface area contributed by atoms with Crippen molar-refractivity contribution in [3.63, 3.8) is 0 Å². The second-order valence-corrected chi connectivity index (χ2v) is 6.03. The highest BCUT2D eigenvalue weighted by molar-refractivity contribution is 5.94. The molecule has 1 atom stereocenters. The van der Waals surface area contributed by atoms with Crippen LogP contribution in [0.4, 0.5) is 0 Å². The van der Waals surface area contributed by atoms with Crippen LogP contribution in [0.3, 0.4) is 0 Å². The van der Waals surface area contributed by atoms with Gasteiger partial charge in [-0.1, -0.05) is 0 Å². The fourth-order valence-corrected chi connectivity index (χ4v) is 2.68. The molecule has 3 aromatic rings. The molecular formula is C19H21N3O2. The van der Waals surface area contributed by atoms with Crippen LogP contribution in [0.25, 0.3) is 5.69 Å². The average Bonchev–Trinajstić information content (AvgIpc) is 3.13. The number of hydrogen-bond acceptors (Lipinski definition) is 3. The Kier molecular flexibility index (Phi) is 4.25.